The number of halogens is 1. The average Bonchev–Trinajstić information content (AvgIpc) is 2.57. The highest BCUT2D eigenvalue weighted by molar-refractivity contribution is 6.32. The summed E-state index contributed by atoms with van der Waals surface area (Å²) in [6.45, 7) is 4.08. The fraction of sp³-hybridized carbons (Fsp3) is 0.167. The summed E-state index contributed by atoms with van der Waals surface area (Å²) in [4.78, 5) is 16.3. The summed E-state index contributed by atoms with van der Waals surface area (Å²) in [5, 5.41) is 15.1. The van der Waals surface area contributed by atoms with E-state index in [1.807, 2.05) is 44.2 Å². The van der Waals surface area contributed by atoms with Crippen molar-refractivity contribution in [2.45, 2.75) is 19.8 Å². The summed E-state index contributed by atoms with van der Waals surface area (Å²) < 4.78 is 0. The maximum Gasteiger partial charge on any atom is 0.267 e. The molecule has 24 heavy (non-hydrogen) atoms. The maximum absolute atomic E-state index is 12.3. The number of anilines is 2. The Bertz CT molecular complexity index is 809. The van der Waals surface area contributed by atoms with E-state index >= 15 is 0 Å². The van der Waals surface area contributed by atoms with Crippen LogP contribution in [0.3, 0.4) is 0 Å². The highest BCUT2D eigenvalue weighted by Crippen LogP contribution is 2.24. The monoisotopic (exact) mass is 340 g/mol. The number of nitrogens with zero attached hydrogens (tertiary/aromatic N) is 2. The molecule has 0 saturated heterocycles. The van der Waals surface area contributed by atoms with Crippen LogP contribution in [0.4, 0.5) is 11.4 Å². The van der Waals surface area contributed by atoms with Crippen molar-refractivity contribution >= 4 is 28.9 Å². The smallest absolute Gasteiger partial charge is 0.267 e. The van der Waals surface area contributed by atoms with Crippen LogP contribution in [0.2, 0.25) is 5.15 Å². The third kappa shape index (κ3) is 4.34. The first-order chi connectivity index (χ1) is 11.5. The third-order valence-electron chi connectivity index (χ3n) is 3.33. The van der Waals surface area contributed by atoms with E-state index in [-0.39, 0.29) is 16.6 Å². The van der Waals surface area contributed by atoms with E-state index in [0.717, 1.165) is 5.56 Å². The van der Waals surface area contributed by atoms with Gasteiger partial charge in [0.2, 0.25) is 0 Å². The predicted octanol–water partition coefficient (Wildman–Crippen LogP) is 4.32. The second-order valence-corrected chi connectivity index (χ2v) is 5.71. The van der Waals surface area contributed by atoms with Crippen LogP contribution in [0, 0.1) is 11.3 Å². The molecule has 1 heterocycles. The van der Waals surface area contributed by atoms with E-state index in [9.17, 15) is 10.1 Å². The fourth-order valence-electron chi connectivity index (χ4n) is 2.10. The second kappa shape index (κ2) is 8.14. The minimum atomic E-state index is -0.488. The minimum absolute atomic E-state index is 0.0616. The van der Waals surface area contributed by atoms with Crippen LogP contribution in [0.5, 0.6) is 0 Å². The van der Waals surface area contributed by atoms with Crippen molar-refractivity contribution in [1.82, 2.24) is 4.98 Å². The topological polar surface area (TPSA) is 77.8 Å². The third-order valence-corrected chi connectivity index (χ3v) is 3.63. The molecule has 0 unspecified atom stereocenters. The SMILES string of the molecule is CC(C)c1ccccc1NC(=O)/C(C#N)=C\Nc1cccnc1Cl. The first kappa shape index (κ1) is 17.5. The Morgan fingerprint density at radius 1 is 1.25 bits per heavy atom. The molecule has 5 nitrogen and oxygen atoms in total. The first-order valence-electron chi connectivity index (χ1n) is 7.40. The number of para-hydroxylation sites is 1. The Morgan fingerprint density at radius 2 is 1.96 bits per heavy atom. The van der Waals surface area contributed by atoms with Gasteiger partial charge in [0, 0.05) is 18.1 Å². The lowest BCUT2D eigenvalue weighted by Crippen LogP contribution is -2.16. The fourth-order valence-corrected chi connectivity index (χ4v) is 2.27. The molecule has 0 fully saturated rings. The van der Waals surface area contributed by atoms with Crippen molar-refractivity contribution in [3.63, 3.8) is 0 Å². The summed E-state index contributed by atoms with van der Waals surface area (Å²) in [5.74, 6) is -0.235. The number of rotatable bonds is 5. The van der Waals surface area contributed by atoms with Gasteiger partial charge in [-0.25, -0.2) is 4.98 Å². The number of carbonyl (C=O) groups is 1. The first-order valence-corrected chi connectivity index (χ1v) is 7.78. The van der Waals surface area contributed by atoms with Gasteiger partial charge in [0.15, 0.2) is 5.15 Å². The summed E-state index contributed by atoms with van der Waals surface area (Å²) in [5.41, 5.74) is 2.15. The predicted molar refractivity (Wildman–Crippen MR) is 95.7 cm³/mol. The van der Waals surface area contributed by atoms with Gasteiger partial charge in [0.25, 0.3) is 5.91 Å². The molecular formula is C18H17ClN4O. The molecule has 1 aromatic carbocycles. The summed E-state index contributed by atoms with van der Waals surface area (Å²) in [7, 11) is 0. The Morgan fingerprint density at radius 3 is 2.62 bits per heavy atom. The lowest BCUT2D eigenvalue weighted by atomic mass is 10.0. The molecule has 2 rings (SSSR count). The summed E-state index contributed by atoms with van der Waals surface area (Å²) in [6.07, 6.45) is 2.87. The molecule has 0 aliphatic rings. The number of benzene rings is 1. The summed E-state index contributed by atoms with van der Waals surface area (Å²) >= 11 is 5.93. The number of hydrogen-bond acceptors (Lipinski definition) is 4. The van der Waals surface area contributed by atoms with Crippen LogP contribution in [0.1, 0.15) is 25.3 Å². The molecular weight excluding hydrogens is 324 g/mol. The van der Waals surface area contributed by atoms with Crippen LogP contribution in [-0.2, 0) is 4.79 Å². The van der Waals surface area contributed by atoms with Gasteiger partial charge in [-0.2, -0.15) is 5.26 Å². The van der Waals surface area contributed by atoms with Crippen LogP contribution < -0.4 is 10.6 Å². The zero-order valence-electron chi connectivity index (χ0n) is 13.4. The number of hydrogen-bond donors (Lipinski definition) is 2. The van der Waals surface area contributed by atoms with Gasteiger partial charge in [0.1, 0.15) is 11.6 Å². The molecule has 0 aliphatic carbocycles. The Balaban J connectivity index is 2.17. The minimum Gasteiger partial charge on any atom is -0.358 e. The van der Waals surface area contributed by atoms with E-state index in [1.54, 1.807) is 18.3 Å². The Labute approximate surface area is 146 Å². The van der Waals surface area contributed by atoms with E-state index < -0.39 is 5.91 Å². The molecule has 0 aliphatic heterocycles. The van der Waals surface area contributed by atoms with Crippen molar-refractivity contribution in [1.29, 1.82) is 5.26 Å². The highest BCUT2D eigenvalue weighted by Gasteiger charge is 2.13. The summed E-state index contributed by atoms with van der Waals surface area (Å²) in [6, 6.07) is 12.8. The van der Waals surface area contributed by atoms with Crippen molar-refractivity contribution < 1.29 is 4.79 Å². The standard InChI is InChI=1S/C18H17ClN4O/c1-12(2)14-6-3-4-7-15(14)23-18(24)13(10-20)11-22-16-8-5-9-21-17(16)19/h3-9,11-12,22H,1-2H3,(H,23,24)/b13-11-. The number of pyridine rings is 1. The Hall–Kier alpha value is -2.84. The number of nitriles is 1. The van der Waals surface area contributed by atoms with Gasteiger partial charge in [-0.05, 0) is 29.7 Å². The number of amides is 1. The maximum atomic E-state index is 12.3. The molecule has 0 atom stereocenters. The molecule has 1 amide bonds. The molecule has 6 heteroatoms. The van der Waals surface area contributed by atoms with E-state index in [0.29, 0.717) is 11.4 Å². The second-order valence-electron chi connectivity index (χ2n) is 5.35. The average molecular weight is 341 g/mol. The van der Waals surface area contributed by atoms with Gasteiger partial charge in [0.05, 0.1) is 5.69 Å². The molecule has 122 valence electrons. The lowest BCUT2D eigenvalue weighted by molar-refractivity contribution is -0.112. The van der Waals surface area contributed by atoms with Gasteiger partial charge in [-0.3, -0.25) is 4.79 Å². The van der Waals surface area contributed by atoms with Crippen LogP contribution in [-0.4, -0.2) is 10.9 Å². The van der Waals surface area contributed by atoms with Gasteiger partial charge in [-0.15, -0.1) is 0 Å². The number of aromatic nitrogens is 1. The van der Waals surface area contributed by atoms with Crippen LogP contribution in [0.15, 0.2) is 54.4 Å². The number of nitrogens with one attached hydrogen (secondary N) is 2. The van der Waals surface area contributed by atoms with Gasteiger partial charge < -0.3 is 10.6 Å². The molecule has 2 N–H and O–H groups in total. The van der Waals surface area contributed by atoms with Crippen LogP contribution >= 0.6 is 11.6 Å². The van der Waals surface area contributed by atoms with Crippen LogP contribution in [0.25, 0.3) is 0 Å². The molecule has 0 saturated carbocycles. The quantitative estimate of drug-likeness (QED) is 0.483. The zero-order chi connectivity index (χ0) is 17.5. The molecule has 0 spiro atoms. The molecule has 0 bridgehead atoms. The molecule has 2 aromatic rings. The van der Waals surface area contributed by atoms with E-state index in [2.05, 4.69) is 15.6 Å². The Kier molecular flexibility index (Phi) is 5.94. The van der Waals surface area contributed by atoms with Gasteiger partial charge in [-0.1, -0.05) is 43.6 Å². The van der Waals surface area contributed by atoms with Crippen molar-refractivity contribution in [3.05, 3.63) is 65.1 Å². The van der Waals surface area contributed by atoms with Gasteiger partial charge >= 0.3 is 0 Å². The zero-order valence-corrected chi connectivity index (χ0v) is 14.1. The van der Waals surface area contributed by atoms with Crippen molar-refractivity contribution in [3.8, 4) is 6.07 Å². The number of carbonyl (C=O) groups excluding carboxylic acids is 1. The lowest BCUT2D eigenvalue weighted by Gasteiger charge is -2.13. The normalized spacial score (nSPS) is 11.0. The van der Waals surface area contributed by atoms with E-state index in [1.165, 1.54) is 6.20 Å². The van der Waals surface area contributed by atoms with E-state index in [4.69, 9.17) is 11.6 Å². The van der Waals surface area contributed by atoms with Crippen molar-refractivity contribution in [2.75, 3.05) is 10.6 Å². The highest BCUT2D eigenvalue weighted by atomic mass is 35.5. The van der Waals surface area contributed by atoms with Crippen molar-refractivity contribution in [2.24, 2.45) is 0 Å². The molecule has 0 radical (unpaired) electrons. The molecule has 1 aromatic heterocycles. The largest absolute Gasteiger partial charge is 0.358 e.